The quantitative estimate of drug-likeness (QED) is 0.658. The SMILES string of the molecule is COc1cccc(C(NN)c2scnc2C)c1F. The van der Waals surface area contributed by atoms with E-state index >= 15 is 0 Å². The van der Waals surface area contributed by atoms with Gasteiger partial charge in [0.1, 0.15) is 0 Å². The average Bonchev–Trinajstić information content (AvgIpc) is 2.79. The minimum absolute atomic E-state index is 0.204. The lowest BCUT2D eigenvalue weighted by molar-refractivity contribution is 0.382. The molecule has 0 radical (unpaired) electrons. The molecule has 4 nitrogen and oxygen atoms in total. The van der Waals surface area contributed by atoms with Crippen LogP contribution in [0, 0.1) is 12.7 Å². The van der Waals surface area contributed by atoms with Crippen LogP contribution in [-0.4, -0.2) is 12.1 Å². The number of ether oxygens (including phenoxy) is 1. The number of hydrogen-bond acceptors (Lipinski definition) is 5. The van der Waals surface area contributed by atoms with E-state index in [0.29, 0.717) is 5.56 Å². The second kappa shape index (κ2) is 5.43. The Morgan fingerprint density at radius 1 is 1.50 bits per heavy atom. The normalized spacial score (nSPS) is 12.4. The lowest BCUT2D eigenvalue weighted by atomic mass is 10.0. The Hall–Kier alpha value is -1.50. The van der Waals surface area contributed by atoms with E-state index in [-0.39, 0.29) is 5.75 Å². The Kier molecular flexibility index (Phi) is 3.90. The van der Waals surface area contributed by atoms with E-state index in [4.69, 9.17) is 10.6 Å². The third kappa shape index (κ3) is 2.22. The zero-order valence-corrected chi connectivity index (χ0v) is 10.9. The predicted octanol–water partition coefficient (Wildman–Crippen LogP) is 2.15. The van der Waals surface area contributed by atoms with Crippen LogP contribution in [0.3, 0.4) is 0 Å². The summed E-state index contributed by atoms with van der Waals surface area (Å²) in [6.07, 6.45) is 0. The first-order valence-electron chi connectivity index (χ1n) is 5.37. The summed E-state index contributed by atoms with van der Waals surface area (Å²) in [7, 11) is 1.44. The molecule has 2 rings (SSSR count). The fourth-order valence-corrected chi connectivity index (χ4v) is 2.68. The Morgan fingerprint density at radius 3 is 2.83 bits per heavy atom. The van der Waals surface area contributed by atoms with Gasteiger partial charge in [-0.3, -0.25) is 5.84 Å². The lowest BCUT2D eigenvalue weighted by Crippen LogP contribution is -2.29. The number of thiazole rings is 1. The van der Waals surface area contributed by atoms with Crippen molar-refractivity contribution in [1.82, 2.24) is 10.4 Å². The second-order valence-electron chi connectivity index (χ2n) is 3.77. The van der Waals surface area contributed by atoms with Gasteiger partial charge in [-0.25, -0.2) is 14.8 Å². The minimum Gasteiger partial charge on any atom is -0.494 e. The molecule has 1 aromatic carbocycles. The highest BCUT2D eigenvalue weighted by Crippen LogP contribution is 2.31. The zero-order valence-electron chi connectivity index (χ0n) is 10.1. The monoisotopic (exact) mass is 267 g/mol. The summed E-state index contributed by atoms with van der Waals surface area (Å²) in [5.41, 5.74) is 5.63. The first-order valence-corrected chi connectivity index (χ1v) is 6.25. The van der Waals surface area contributed by atoms with Crippen LogP contribution in [0.15, 0.2) is 23.7 Å². The lowest BCUT2D eigenvalue weighted by Gasteiger charge is -2.17. The maximum absolute atomic E-state index is 14.2. The van der Waals surface area contributed by atoms with Gasteiger partial charge in [-0.2, -0.15) is 0 Å². The topological polar surface area (TPSA) is 60.2 Å². The molecule has 1 heterocycles. The van der Waals surface area contributed by atoms with E-state index in [1.165, 1.54) is 18.4 Å². The Bertz CT molecular complexity index is 544. The summed E-state index contributed by atoms with van der Waals surface area (Å²) in [4.78, 5) is 5.05. The molecule has 0 spiro atoms. The third-order valence-corrected chi connectivity index (χ3v) is 3.73. The molecule has 0 saturated carbocycles. The summed E-state index contributed by atoms with van der Waals surface area (Å²) in [6, 6.07) is 4.57. The molecule has 1 atom stereocenters. The molecule has 0 aliphatic carbocycles. The van der Waals surface area contributed by atoms with Gasteiger partial charge in [-0.15, -0.1) is 11.3 Å². The molecule has 96 valence electrons. The average molecular weight is 267 g/mol. The first-order chi connectivity index (χ1) is 8.69. The van der Waals surface area contributed by atoms with Crippen LogP contribution in [0.25, 0.3) is 0 Å². The van der Waals surface area contributed by atoms with Crippen LogP contribution >= 0.6 is 11.3 Å². The molecule has 0 aliphatic heterocycles. The van der Waals surface area contributed by atoms with Crippen molar-refractivity contribution in [3.63, 3.8) is 0 Å². The number of hydrogen-bond donors (Lipinski definition) is 2. The molecule has 0 fully saturated rings. The smallest absolute Gasteiger partial charge is 0.170 e. The Balaban J connectivity index is 2.49. The number of aryl methyl sites for hydroxylation is 1. The summed E-state index contributed by atoms with van der Waals surface area (Å²) in [6.45, 7) is 1.87. The van der Waals surface area contributed by atoms with Crippen LogP contribution in [-0.2, 0) is 0 Å². The molecule has 0 amide bonds. The van der Waals surface area contributed by atoms with E-state index in [1.54, 1.807) is 23.7 Å². The number of nitrogens with two attached hydrogens (primary N) is 1. The standard InChI is InChI=1S/C12H14FN3OS/c1-7-12(18-6-15-7)11(16-14)8-4-3-5-9(17-2)10(8)13/h3-6,11,16H,14H2,1-2H3. The first kappa shape index (κ1) is 12.9. The van der Waals surface area contributed by atoms with E-state index in [9.17, 15) is 4.39 Å². The Morgan fingerprint density at radius 2 is 2.28 bits per heavy atom. The van der Waals surface area contributed by atoms with Crippen molar-refractivity contribution in [3.05, 3.63) is 45.7 Å². The van der Waals surface area contributed by atoms with Gasteiger partial charge in [0.05, 0.1) is 29.2 Å². The largest absolute Gasteiger partial charge is 0.494 e. The third-order valence-electron chi connectivity index (χ3n) is 2.74. The number of rotatable bonds is 4. The van der Waals surface area contributed by atoms with Crippen LogP contribution in [0.2, 0.25) is 0 Å². The van der Waals surface area contributed by atoms with E-state index in [0.717, 1.165) is 10.6 Å². The number of benzene rings is 1. The van der Waals surface area contributed by atoms with Gasteiger partial charge in [-0.1, -0.05) is 12.1 Å². The minimum atomic E-state index is -0.424. The van der Waals surface area contributed by atoms with Gasteiger partial charge < -0.3 is 4.74 Å². The molecule has 18 heavy (non-hydrogen) atoms. The maximum Gasteiger partial charge on any atom is 0.170 e. The molecule has 1 aromatic heterocycles. The predicted molar refractivity (Wildman–Crippen MR) is 69.0 cm³/mol. The van der Waals surface area contributed by atoms with E-state index in [1.807, 2.05) is 6.92 Å². The number of halogens is 1. The van der Waals surface area contributed by atoms with Gasteiger partial charge in [-0.05, 0) is 13.0 Å². The van der Waals surface area contributed by atoms with Gasteiger partial charge in [0.15, 0.2) is 11.6 Å². The van der Waals surface area contributed by atoms with Gasteiger partial charge in [0.2, 0.25) is 0 Å². The number of hydrazine groups is 1. The molecular formula is C12H14FN3OS. The van der Waals surface area contributed by atoms with Crippen molar-refractivity contribution in [1.29, 1.82) is 0 Å². The molecule has 2 aromatic rings. The molecular weight excluding hydrogens is 253 g/mol. The molecule has 1 unspecified atom stereocenters. The fourth-order valence-electron chi connectivity index (χ4n) is 1.80. The van der Waals surface area contributed by atoms with Crippen LogP contribution in [0.1, 0.15) is 22.2 Å². The zero-order chi connectivity index (χ0) is 13.1. The van der Waals surface area contributed by atoms with Crippen LogP contribution < -0.4 is 16.0 Å². The van der Waals surface area contributed by atoms with Gasteiger partial charge in [0.25, 0.3) is 0 Å². The van der Waals surface area contributed by atoms with E-state index < -0.39 is 11.9 Å². The summed E-state index contributed by atoms with van der Waals surface area (Å²) in [5.74, 6) is 5.34. The Labute approximate surface area is 109 Å². The highest BCUT2D eigenvalue weighted by atomic mass is 32.1. The number of methoxy groups -OCH3 is 1. The number of aromatic nitrogens is 1. The van der Waals surface area contributed by atoms with Crippen molar-refractivity contribution >= 4 is 11.3 Å². The van der Waals surface area contributed by atoms with Crippen molar-refractivity contribution in [2.24, 2.45) is 5.84 Å². The second-order valence-corrected chi connectivity index (χ2v) is 4.65. The fraction of sp³-hybridized carbons (Fsp3) is 0.250. The van der Waals surface area contributed by atoms with Crippen molar-refractivity contribution in [2.45, 2.75) is 13.0 Å². The summed E-state index contributed by atoms with van der Waals surface area (Å²) >= 11 is 1.44. The summed E-state index contributed by atoms with van der Waals surface area (Å²) in [5, 5.41) is 0. The summed E-state index contributed by atoms with van der Waals surface area (Å²) < 4.78 is 19.2. The van der Waals surface area contributed by atoms with Gasteiger partial charge >= 0.3 is 0 Å². The highest BCUT2D eigenvalue weighted by Gasteiger charge is 2.22. The number of nitrogens with zero attached hydrogens (tertiary/aromatic N) is 1. The number of nitrogens with one attached hydrogen (secondary N) is 1. The molecule has 0 aliphatic rings. The van der Waals surface area contributed by atoms with Crippen molar-refractivity contribution in [2.75, 3.05) is 7.11 Å². The molecule has 0 saturated heterocycles. The molecule has 0 bridgehead atoms. The molecule has 6 heteroatoms. The van der Waals surface area contributed by atoms with Crippen LogP contribution in [0.5, 0.6) is 5.75 Å². The van der Waals surface area contributed by atoms with Gasteiger partial charge in [0, 0.05) is 5.56 Å². The molecule has 3 N–H and O–H groups in total. The maximum atomic E-state index is 14.2. The van der Waals surface area contributed by atoms with Crippen molar-refractivity contribution < 1.29 is 9.13 Å². The highest BCUT2D eigenvalue weighted by molar-refractivity contribution is 7.09. The van der Waals surface area contributed by atoms with Crippen LogP contribution in [0.4, 0.5) is 4.39 Å². The van der Waals surface area contributed by atoms with E-state index in [2.05, 4.69) is 10.4 Å². The van der Waals surface area contributed by atoms with Crippen molar-refractivity contribution in [3.8, 4) is 5.75 Å².